The molecule has 1 saturated carbocycles. The molecule has 2 aromatic rings. The molecule has 0 bridgehead atoms. The van der Waals surface area contributed by atoms with Crippen LogP contribution in [0, 0.1) is 11.6 Å². The Kier molecular flexibility index (Phi) is 4.76. The van der Waals surface area contributed by atoms with E-state index in [0.717, 1.165) is 63.2 Å². The lowest BCUT2D eigenvalue weighted by molar-refractivity contribution is 0.239. The number of hydrogen-bond donors (Lipinski definition) is 0. The summed E-state index contributed by atoms with van der Waals surface area (Å²) in [7, 11) is 0. The van der Waals surface area contributed by atoms with Gasteiger partial charge < -0.3 is 4.52 Å². The summed E-state index contributed by atoms with van der Waals surface area (Å²) in [6, 6.07) is 4.37. The molecule has 1 saturated heterocycles. The molecule has 0 unspecified atom stereocenters. The molecule has 2 fully saturated rings. The minimum absolute atomic E-state index is 0.417. The lowest BCUT2D eigenvalue weighted by Gasteiger charge is -2.21. The number of nitrogens with zero attached hydrogens (tertiary/aromatic N) is 4. The molecule has 1 aliphatic carbocycles. The van der Waals surface area contributed by atoms with Crippen molar-refractivity contribution in [2.24, 2.45) is 0 Å². The molecule has 25 heavy (non-hydrogen) atoms. The van der Waals surface area contributed by atoms with Gasteiger partial charge in [0.15, 0.2) is 17.5 Å². The zero-order valence-electron chi connectivity index (χ0n) is 14.1. The van der Waals surface area contributed by atoms with Crippen LogP contribution >= 0.6 is 0 Å². The van der Waals surface area contributed by atoms with Crippen molar-refractivity contribution < 1.29 is 13.3 Å². The molecule has 0 amide bonds. The Morgan fingerprint density at radius 1 is 1.04 bits per heavy atom. The molecule has 0 atom stereocenters. The minimum atomic E-state index is -0.780. The highest BCUT2D eigenvalue weighted by Gasteiger charge is 2.30. The summed E-state index contributed by atoms with van der Waals surface area (Å²) in [4.78, 5) is 8.95. The second kappa shape index (κ2) is 7.17. The Balaban J connectivity index is 1.32. The van der Waals surface area contributed by atoms with E-state index in [1.54, 1.807) is 12.1 Å². The van der Waals surface area contributed by atoms with Crippen molar-refractivity contribution in [2.75, 3.05) is 26.2 Å². The fourth-order valence-corrected chi connectivity index (χ4v) is 3.28. The standard InChI is InChI=1S/C18H22F2N4O/c19-15-4-1-3-14(17(15)20)11-23-7-2-8-24(10-9-23)12-16-21-18(25-22-16)13-5-6-13/h1,3-4,13H,2,5-12H2. The third-order valence-electron chi connectivity index (χ3n) is 4.88. The molecular weight excluding hydrogens is 326 g/mol. The third-order valence-corrected chi connectivity index (χ3v) is 4.88. The second-order valence-corrected chi connectivity index (χ2v) is 6.94. The van der Waals surface area contributed by atoms with Crippen molar-refractivity contribution in [1.29, 1.82) is 0 Å². The highest BCUT2D eigenvalue weighted by atomic mass is 19.2. The van der Waals surface area contributed by atoms with E-state index in [4.69, 9.17) is 4.52 Å². The Labute approximate surface area is 145 Å². The van der Waals surface area contributed by atoms with Crippen LogP contribution in [0.3, 0.4) is 0 Å². The van der Waals surface area contributed by atoms with Gasteiger partial charge in [-0.05, 0) is 38.4 Å². The molecule has 4 rings (SSSR count). The van der Waals surface area contributed by atoms with Gasteiger partial charge in [-0.2, -0.15) is 4.98 Å². The van der Waals surface area contributed by atoms with Gasteiger partial charge in [0, 0.05) is 31.1 Å². The van der Waals surface area contributed by atoms with E-state index >= 15 is 0 Å². The Bertz CT molecular complexity index is 732. The van der Waals surface area contributed by atoms with E-state index in [0.29, 0.717) is 24.6 Å². The van der Waals surface area contributed by atoms with Crippen molar-refractivity contribution >= 4 is 0 Å². The first kappa shape index (κ1) is 16.6. The van der Waals surface area contributed by atoms with E-state index in [1.165, 1.54) is 0 Å². The SMILES string of the molecule is Fc1cccc(CN2CCCN(Cc3noc(C4CC4)n3)CC2)c1F. The average molecular weight is 348 g/mol. The summed E-state index contributed by atoms with van der Waals surface area (Å²) in [5.74, 6) is 0.474. The normalized spacial score (nSPS) is 19.9. The van der Waals surface area contributed by atoms with Crippen LogP contribution in [0.5, 0.6) is 0 Å². The van der Waals surface area contributed by atoms with Gasteiger partial charge in [0.2, 0.25) is 5.89 Å². The lowest BCUT2D eigenvalue weighted by atomic mass is 10.2. The summed E-state index contributed by atoms with van der Waals surface area (Å²) >= 11 is 0. The molecule has 0 radical (unpaired) electrons. The summed E-state index contributed by atoms with van der Waals surface area (Å²) in [5, 5.41) is 4.08. The predicted molar refractivity (Wildman–Crippen MR) is 87.8 cm³/mol. The van der Waals surface area contributed by atoms with Crippen LogP contribution in [0.1, 0.15) is 42.5 Å². The fourth-order valence-electron chi connectivity index (χ4n) is 3.28. The first-order chi connectivity index (χ1) is 12.2. The molecule has 5 nitrogen and oxygen atoms in total. The molecule has 134 valence electrons. The summed E-state index contributed by atoms with van der Waals surface area (Å²) in [5.41, 5.74) is 0.417. The van der Waals surface area contributed by atoms with Gasteiger partial charge in [-0.1, -0.05) is 17.3 Å². The van der Waals surface area contributed by atoms with Crippen LogP contribution in [0.4, 0.5) is 8.78 Å². The topological polar surface area (TPSA) is 45.4 Å². The first-order valence-corrected chi connectivity index (χ1v) is 8.89. The molecular formula is C18H22F2N4O. The van der Waals surface area contributed by atoms with Crippen LogP contribution in [0.15, 0.2) is 22.7 Å². The molecule has 2 aliphatic rings. The van der Waals surface area contributed by atoms with E-state index in [2.05, 4.69) is 19.9 Å². The predicted octanol–water partition coefficient (Wildman–Crippen LogP) is 2.93. The summed E-state index contributed by atoms with van der Waals surface area (Å²) in [6.45, 7) is 4.58. The number of hydrogen-bond acceptors (Lipinski definition) is 5. The van der Waals surface area contributed by atoms with Crippen LogP contribution in [-0.2, 0) is 13.1 Å². The van der Waals surface area contributed by atoms with E-state index in [-0.39, 0.29) is 0 Å². The maximum Gasteiger partial charge on any atom is 0.229 e. The van der Waals surface area contributed by atoms with Gasteiger partial charge in [-0.25, -0.2) is 8.78 Å². The molecule has 7 heteroatoms. The van der Waals surface area contributed by atoms with Gasteiger partial charge in [0.25, 0.3) is 0 Å². The molecule has 1 aromatic heterocycles. The van der Waals surface area contributed by atoms with Crippen molar-refractivity contribution in [3.05, 3.63) is 47.1 Å². The summed E-state index contributed by atoms with van der Waals surface area (Å²) in [6.07, 6.45) is 3.28. The minimum Gasteiger partial charge on any atom is -0.339 e. The van der Waals surface area contributed by atoms with Gasteiger partial charge in [0.05, 0.1) is 6.54 Å². The van der Waals surface area contributed by atoms with E-state index in [1.807, 2.05) is 0 Å². The quantitative estimate of drug-likeness (QED) is 0.831. The molecule has 1 aliphatic heterocycles. The number of benzene rings is 1. The van der Waals surface area contributed by atoms with Crippen molar-refractivity contribution in [3.63, 3.8) is 0 Å². The first-order valence-electron chi connectivity index (χ1n) is 8.89. The number of rotatable bonds is 5. The Morgan fingerprint density at radius 2 is 1.80 bits per heavy atom. The van der Waals surface area contributed by atoms with E-state index in [9.17, 15) is 8.78 Å². The van der Waals surface area contributed by atoms with Gasteiger partial charge in [-0.15, -0.1) is 0 Å². The zero-order chi connectivity index (χ0) is 17.2. The monoisotopic (exact) mass is 348 g/mol. The fraction of sp³-hybridized carbons (Fsp3) is 0.556. The average Bonchev–Trinajstić information content (AvgIpc) is 3.38. The van der Waals surface area contributed by atoms with Crippen LogP contribution in [-0.4, -0.2) is 46.1 Å². The summed E-state index contributed by atoms with van der Waals surface area (Å²) < 4.78 is 32.5. The molecule has 1 aromatic carbocycles. The van der Waals surface area contributed by atoms with Crippen molar-refractivity contribution in [3.8, 4) is 0 Å². The van der Waals surface area contributed by atoms with Gasteiger partial charge in [-0.3, -0.25) is 9.80 Å². The Hall–Kier alpha value is -1.86. The molecule has 0 spiro atoms. The van der Waals surface area contributed by atoms with Gasteiger partial charge in [0.1, 0.15) is 0 Å². The Morgan fingerprint density at radius 3 is 2.56 bits per heavy atom. The molecule has 0 N–H and O–H groups in total. The van der Waals surface area contributed by atoms with Crippen LogP contribution in [0.2, 0.25) is 0 Å². The maximum atomic E-state index is 13.9. The van der Waals surface area contributed by atoms with Crippen LogP contribution in [0.25, 0.3) is 0 Å². The van der Waals surface area contributed by atoms with Crippen molar-refractivity contribution in [1.82, 2.24) is 19.9 Å². The van der Waals surface area contributed by atoms with E-state index < -0.39 is 11.6 Å². The smallest absolute Gasteiger partial charge is 0.229 e. The highest BCUT2D eigenvalue weighted by Crippen LogP contribution is 2.38. The number of halogens is 2. The van der Waals surface area contributed by atoms with Gasteiger partial charge >= 0.3 is 0 Å². The molecule has 2 heterocycles. The maximum absolute atomic E-state index is 13.9. The lowest BCUT2D eigenvalue weighted by Crippen LogP contribution is -2.30. The van der Waals surface area contributed by atoms with Crippen molar-refractivity contribution in [2.45, 2.75) is 38.3 Å². The van der Waals surface area contributed by atoms with Crippen LogP contribution < -0.4 is 0 Å². The highest BCUT2D eigenvalue weighted by molar-refractivity contribution is 5.18. The third kappa shape index (κ3) is 4.04. The number of aromatic nitrogens is 2. The zero-order valence-corrected chi connectivity index (χ0v) is 14.1. The largest absolute Gasteiger partial charge is 0.339 e. The second-order valence-electron chi connectivity index (χ2n) is 6.94.